The fraction of sp³-hybridized carbons (Fsp3) is 0.533. The second kappa shape index (κ2) is 7.04. The van der Waals surface area contributed by atoms with Crippen molar-refractivity contribution in [3.05, 3.63) is 23.8 Å². The minimum absolute atomic E-state index is 0.0132. The molecular formula is C15H23NO2. The number of hydrogen-bond acceptors (Lipinski definition) is 3. The summed E-state index contributed by atoms with van der Waals surface area (Å²) in [6.45, 7) is 6.59. The van der Waals surface area contributed by atoms with Crippen molar-refractivity contribution in [1.82, 2.24) is 0 Å². The monoisotopic (exact) mass is 249 g/mol. The van der Waals surface area contributed by atoms with Gasteiger partial charge in [-0.3, -0.25) is 4.79 Å². The largest absolute Gasteiger partial charge is 0.491 e. The Morgan fingerprint density at radius 1 is 1.33 bits per heavy atom. The van der Waals surface area contributed by atoms with Crippen molar-refractivity contribution in [2.45, 2.75) is 40.0 Å². The van der Waals surface area contributed by atoms with Gasteiger partial charge in [0.15, 0.2) is 5.78 Å². The lowest BCUT2D eigenvalue weighted by Crippen LogP contribution is -2.08. The summed E-state index contributed by atoms with van der Waals surface area (Å²) in [6, 6.07) is 5.28. The topological polar surface area (TPSA) is 52.3 Å². The molecule has 0 spiro atoms. The molecule has 0 fully saturated rings. The van der Waals surface area contributed by atoms with E-state index in [0.717, 1.165) is 12.8 Å². The van der Waals surface area contributed by atoms with Crippen LogP contribution in [-0.4, -0.2) is 12.4 Å². The highest BCUT2D eigenvalue weighted by Gasteiger charge is 2.12. The average Bonchev–Trinajstić information content (AvgIpc) is 2.35. The molecule has 3 nitrogen and oxygen atoms in total. The number of ether oxygens (including phenoxy) is 1. The number of ketones is 1. The molecule has 0 radical (unpaired) electrons. The standard InChI is InChI=1S/C15H23NO2/c1-4-5-6-9-18-14-8-7-12(10-13(14)16)15(17)11(2)3/h7-8,10-11H,4-6,9,16H2,1-3H3. The Kier molecular flexibility index (Phi) is 5.69. The summed E-state index contributed by atoms with van der Waals surface area (Å²) >= 11 is 0. The molecule has 100 valence electrons. The zero-order valence-electron chi connectivity index (χ0n) is 11.5. The second-order valence-electron chi connectivity index (χ2n) is 4.83. The molecule has 0 aliphatic carbocycles. The van der Waals surface area contributed by atoms with Crippen LogP contribution in [0.25, 0.3) is 0 Å². The molecule has 1 aromatic carbocycles. The SMILES string of the molecule is CCCCCOc1ccc(C(=O)C(C)C)cc1N. The minimum atomic E-state index is -0.0132. The summed E-state index contributed by atoms with van der Waals surface area (Å²) in [7, 11) is 0. The van der Waals surface area contributed by atoms with Crippen LogP contribution in [0, 0.1) is 5.92 Å². The summed E-state index contributed by atoms with van der Waals surface area (Å²) < 4.78 is 5.60. The van der Waals surface area contributed by atoms with Crippen LogP contribution in [0.15, 0.2) is 18.2 Å². The Balaban J connectivity index is 2.65. The lowest BCUT2D eigenvalue weighted by atomic mass is 10.0. The van der Waals surface area contributed by atoms with E-state index in [1.807, 2.05) is 13.8 Å². The first kappa shape index (κ1) is 14.6. The van der Waals surface area contributed by atoms with Gasteiger partial charge in [0.05, 0.1) is 12.3 Å². The van der Waals surface area contributed by atoms with Crippen LogP contribution in [0.4, 0.5) is 5.69 Å². The van der Waals surface area contributed by atoms with Crippen molar-refractivity contribution in [1.29, 1.82) is 0 Å². The van der Waals surface area contributed by atoms with Crippen LogP contribution >= 0.6 is 0 Å². The molecule has 0 atom stereocenters. The van der Waals surface area contributed by atoms with Gasteiger partial charge in [-0.1, -0.05) is 33.6 Å². The van der Waals surface area contributed by atoms with Crippen molar-refractivity contribution < 1.29 is 9.53 Å². The predicted molar refractivity (Wildman–Crippen MR) is 75.0 cm³/mol. The molecular weight excluding hydrogens is 226 g/mol. The number of anilines is 1. The number of carbonyl (C=O) groups excluding carboxylic acids is 1. The van der Waals surface area contributed by atoms with Gasteiger partial charge in [-0.05, 0) is 24.6 Å². The summed E-state index contributed by atoms with van der Waals surface area (Å²) in [5.41, 5.74) is 7.09. The first-order valence-electron chi connectivity index (χ1n) is 6.62. The number of nitrogens with two attached hydrogens (primary N) is 1. The van der Waals surface area contributed by atoms with Gasteiger partial charge in [-0.15, -0.1) is 0 Å². The Bertz CT molecular complexity index is 399. The molecule has 0 saturated heterocycles. The van der Waals surface area contributed by atoms with Gasteiger partial charge in [0.1, 0.15) is 5.75 Å². The Hall–Kier alpha value is -1.51. The summed E-state index contributed by atoms with van der Waals surface area (Å²) in [6.07, 6.45) is 3.35. The fourth-order valence-electron chi connectivity index (χ4n) is 1.70. The lowest BCUT2D eigenvalue weighted by molar-refractivity contribution is 0.0939. The molecule has 18 heavy (non-hydrogen) atoms. The van der Waals surface area contributed by atoms with Crippen molar-refractivity contribution in [3.8, 4) is 5.75 Å². The van der Waals surface area contributed by atoms with Crippen LogP contribution in [0.1, 0.15) is 50.4 Å². The molecule has 0 heterocycles. The zero-order chi connectivity index (χ0) is 13.5. The Labute approximate surface area is 109 Å². The van der Waals surface area contributed by atoms with Gasteiger partial charge in [0, 0.05) is 11.5 Å². The van der Waals surface area contributed by atoms with E-state index in [-0.39, 0.29) is 11.7 Å². The van der Waals surface area contributed by atoms with Crippen LogP contribution in [-0.2, 0) is 0 Å². The number of carbonyl (C=O) groups is 1. The summed E-state index contributed by atoms with van der Waals surface area (Å²) in [4.78, 5) is 11.8. The molecule has 0 bridgehead atoms. The fourth-order valence-corrected chi connectivity index (χ4v) is 1.70. The van der Waals surface area contributed by atoms with Gasteiger partial charge in [-0.25, -0.2) is 0 Å². The van der Waals surface area contributed by atoms with Crippen molar-refractivity contribution >= 4 is 11.5 Å². The van der Waals surface area contributed by atoms with Gasteiger partial charge < -0.3 is 10.5 Å². The number of nitrogen functional groups attached to an aromatic ring is 1. The zero-order valence-corrected chi connectivity index (χ0v) is 11.5. The molecule has 0 aliphatic rings. The second-order valence-corrected chi connectivity index (χ2v) is 4.83. The van der Waals surface area contributed by atoms with Crippen LogP contribution < -0.4 is 10.5 Å². The number of Topliss-reactive ketones (excluding diaryl/α,β-unsaturated/α-hetero) is 1. The molecule has 0 unspecified atom stereocenters. The van der Waals surface area contributed by atoms with E-state index in [0.29, 0.717) is 23.6 Å². The summed E-state index contributed by atoms with van der Waals surface area (Å²) in [5.74, 6) is 0.770. The van der Waals surface area contributed by atoms with Crippen molar-refractivity contribution in [2.75, 3.05) is 12.3 Å². The molecule has 0 aromatic heterocycles. The molecule has 0 amide bonds. The van der Waals surface area contributed by atoms with E-state index in [4.69, 9.17) is 10.5 Å². The van der Waals surface area contributed by atoms with Gasteiger partial charge >= 0.3 is 0 Å². The quantitative estimate of drug-likeness (QED) is 0.455. The van der Waals surface area contributed by atoms with Gasteiger partial charge in [-0.2, -0.15) is 0 Å². The molecule has 1 rings (SSSR count). The van der Waals surface area contributed by atoms with Crippen molar-refractivity contribution in [2.24, 2.45) is 5.92 Å². The molecule has 0 saturated carbocycles. The first-order valence-corrected chi connectivity index (χ1v) is 6.62. The number of benzene rings is 1. The number of hydrogen-bond donors (Lipinski definition) is 1. The lowest BCUT2D eigenvalue weighted by Gasteiger charge is -2.10. The normalized spacial score (nSPS) is 10.7. The van der Waals surface area contributed by atoms with E-state index in [1.165, 1.54) is 6.42 Å². The number of rotatable bonds is 7. The van der Waals surface area contributed by atoms with Gasteiger partial charge in [0.25, 0.3) is 0 Å². The predicted octanol–water partition coefficient (Wildman–Crippen LogP) is 3.68. The van der Waals surface area contributed by atoms with Crippen LogP contribution in [0.5, 0.6) is 5.75 Å². The van der Waals surface area contributed by atoms with E-state index >= 15 is 0 Å². The maximum atomic E-state index is 11.8. The third-order valence-electron chi connectivity index (χ3n) is 2.82. The average molecular weight is 249 g/mol. The van der Waals surface area contributed by atoms with Gasteiger partial charge in [0.2, 0.25) is 0 Å². The van der Waals surface area contributed by atoms with E-state index in [2.05, 4.69) is 6.92 Å². The van der Waals surface area contributed by atoms with Crippen molar-refractivity contribution in [3.63, 3.8) is 0 Å². The summed E-state index contributed by atoms with van der Waals surface area (Å²) in [5, 5.41) is 0. The van der Waals surface area contributed by atoms with E-state index < -0.39 is 0 Å². The highest BCUT2D eigenvalue weighted by molar-refractivity contribution is 5.98. The first-order chi connectivity index (χ1) is 8.56. The van der Waals surface area contributed by atoms with Crippen LogP contribution in [0.2, 0.25) is 0 Å². The maximum Gasteiger partial charge on any atom is 0.165 e. The molecule has 2 N–H and O–H groups in total. The minimum Gasteiger partial charge on any atom is -0.491 e. The Morgan fingerprint density at radius 2 is 2.06 bits per heavy atom. The Morgan fingerprint density at radius 3 is 2.61 bits per heavy atom. The highest BCUT2D eigenvalue weighted by atomic mass is 16.5. The van der Waals surface area contributed by atoms with Crippen LogP contribution in [0.3, 0.4) is 0 Å². The maximum absolute atomic E-state index is 11.8. The highest BCUT2D eigenvalue weighted by Crippen LogP contribution is 2.24. The smallest absolute Gasteiger partial charge is 0.165 e. The third kappa shape index (κ3) is 4.06. The third-order valence-corrected chi connectivity index (χ3v) is 2.82. The van der Waals surface area contributed by atoms with E-state index in [1.54, 1.807) is 18.2 Å². The molecule has 0 aliphatic heterocycles. The van der Waals surface area contributed by atoms with E-state index in [9.17, 15) is 4.79 Å². The molecule has 1 aromatic rings. The molecule has 3 heteroatoms. The number of unbranched alkanes of at least 4 members (excludes halogenated alkanes) is 2.